The fourth-order valence-electron chi connectivity index (χ4n) is 2.80. The molecular formula is C19H20N2O5. The van der Waals surface area contributed by atoms with Crippen LogP contribution in [0.1, 0.15) is 41.9 Å². The average Bonchev–Trinajstić information content (AvgIpc) is 3.31. The molecule has 2 heterocycles. The number of nitrogens with one attached hydrogen (secondary N) is 1. The SMILES string of the molecule is C[C@H](NC(=O)COC(=O)c1ccc(N2CCCC2=O)cc1)c1ccco1. The lowest BCUT2D eigenvalue weighted by Crippen LogP contribution is -2.31. The van der Waals surface area contributed by atoms with E-state index < -0.39 is 11.9 Å². The first-order valence-electron chi connectivity index (χ1n) is 8.45. The van der Waals surface area contributed by atoms with Crippen LogP contribution in [-0.4, -0.2) is 30.9 Å². The van der Waals surface area contributed by atoms with Gasteiger partial charge >= 0.3 is 5.97 Å². The van der Waals surface area contributed by atoms with Gasteiger partial charge < -0.3 is 19.4 Å². The van der Waals surface area contributed by atoms with Gasteiger partial charge in [0.1, 0.15) is 5.76 Å². The summed E-state index contributed by atoms with van der Waals surface area (Å²) in [5.41, 5.74) is 1.08. The van der Waals surface area contributed by atoms with Crippen molar-refractivity contribution >= 4 is 23.5 Å². The van der Waals surface area contributed by atoms with E-state index in [1.54, 1.807) is 48.2 Å². The summed E-state index contributed by atoms with van der Waals surface area (Å²) in [7, 11) is 0. The van der Waals surface area contributed by atoms with Gasteiger partial charge in [-0.2, -0.15) is 0 Å². The number of hydrogen-bond acceptors (Lipinski definition) is 5. The summed E-state index contributed by atoms with van der Waals surface area (Å²) in [6.07, 6.45) is 2.92. The molecule has 1 aromatic carbocycles. The molecule has 1 atom stereocenters. The van der Waals surface area contributed by atoms with Gasteiger partial charge in [-0.25, -0.2) is 4.79 Å². The predicted molar refractivity (Wildman–Crippen MR) is 93.6 cm³/mol. The highest BCUT2D eigenvalue weighted by Gasteiger charge is 2.22. The van der Waals surface area contributed by atoms with Crippen LogP contribution < -0.4 is 10.2 Å². The summed E-state index contributed by atoms with van der Waals surface area (Å²) in [6.45, 7) is 2.09. The Bertz CT molecular complexity index is 783. The number of esters is 1. The van der Waals surface area contributed by atoms with Crippen LogP contribution in [0.3, 0.4) is 0 Å². The van der Waals surface area contributed by atoms with Gasteiger partial charge in [-0.15, -0.1) is 0 Å². The minimum Gasteiger partial charge on any atom is -0.467 e. The van der Waals surface area contributed by atoms with E-state index in [1.807, 2.05) is 0 Å². The molecular weight excluding hydrogens is 336 g/mol. The lowest BCUT2D eigenvalue weighted by Gasteiger charge is -2.15. The van der Waals surface area contributed by atoms with E-state index in [-0.39, 0.29) is 18.6 Å². The topological polar surface area (TPSA) is 88.9 Å². The smallest absolute Gasteiger partial charge is 0.338 e. The molecule has 0 saturated carbocycles. The van der Waals surface area contributed by atoms with Crippen molar-refractivity contribution < 1.29 is 23.5 Å². The van der Waals surface area contributed by atoms with Gasteiger partial charge in [0.25, 0.3) is 5.91 Å². The van der Waals surface area contributed by atoms with Crippen LogP contribution in [0.5, 0.6) is 0 Å². The molecule has 0 aliphatic carbocycles. The average molecular weight is 356 g/mol. The molecule has 0 spiro atoms. The minimum atomic E-state index is -0.592. The fourth-order valence-corrected chi connectivity index (χ4v) is 2.80. The molecule has 1 aromatic heterocycles. The maximum atomic E-state index is 12.1. The molecule has 0 bridgehead atoms. The minimum absolute atomic E-state index is 0.0858. The Kier molecular flexibility index (Phi) is 5.36. The van der Waals surface area contributed by atoms with E-state index in [9.17, 15) is 14.4 Å². The van der Waals surface area contributed by atoms with E-state index in [1.165, 1.54) is 6.26 Å². The zero-order chi connectivity index (χ0) is 18.5. The van der Waals surface area contributed by atoms with Gasteiger partial charge in [-0.1, -0.05) is 0 Å². The zero-order valence-electron chi connectivity index (χ0n) is 14.4. The Morgan fingerprint density at radius 2 is 2.04 bits per heavy atom. The summed E-state index contributed by atoms with van der Waals surface area (Å²) in [5, 5.41) is 2.69. The lowest BCUT2D eigenvalue weighted by atomic mass is 10.2. The largest absolute Gasteiger partial charge is 0.467 e. The number of furan rings is 1. The third-order valence-electron chi connectivity index (χ3n) is 4.17. The van der Waals surface area contributed by atoms with Crippen molar-refractivity contribution in [3.8, 4) is 0 Å². The van der Waals surface area contributed by atoms with Crippen molar-refractivity contribution in [3.63, 3.8) is 0 Å². The van der Waals surface area contributed by atoms with Gasteiger partial charge in [0, 0.05) is 18.7 Å². The number of anilines is 1. The first-order chi connectivity index (χ1) is 12.5. The molecule has 26 heavy (non-hydrogen) atoms. The van der Waals surface area contributed by atoms with Gasteiger partial charge in [-0.05, 0) is 49.7 Å². The number of carbonyl (C=O) groups excluding carboxylic acids is 3. The highest BCUT2D eigenvalue weighted by molar-refractivity contribution is 5.96. The number of carbonyl (C=O) groups is 3. The third kappa shape index (κ3) is 4.11. The Morgan fingerprint density at radius 1 is 1.27 bits per heavy atom. The maximum absolute atomic E-state index is 12.1. The quantitative estimate of drug-likeness (QED) is 0.803. The Morgan fingerprint density at radius 3 is 2.65 bits per heavy atom. The summed E-state index contributed by atoms with van der Waals surface area (Å²) in [5.74, 6) is -0.300. The Balaban J connectivity index is 1.50. The molecule has 7 heteroatoms. The van der Waals surface area contributed by atoms with E-state index in [0.717, 1.165) is 12.1 Å². The van der Waals surface area contributed by atoms with Gasteiger partial charge in [0.05, 0.1) is 17.9 Å². The molecule has 136 valence electrons. The molecule has 1 aliphatic heterocycles. The zero-order valence-corrected chi connectivity index (χ0v) is 14.4. The van der Waals surface area contributed by atoms with Crippen molar-refractivity contribution in [2.24, 2.45) is 0 Å². The lowest BCUT2D eigenvalue weighted by molar-refractivity contribution is -0.125. The standard InChI is InChI=1S/C19H20N2O5/c1-13(16-4-3-11-25-16)20-17(22)12-26-19(24)14-6-8-15(9-7-14)21-10-2-5-18(21)23/h3-4,6-9,11,13H,2,5,10,12H2,1H3,(H,20,22)/t13-/m0/s1. The third-order valence-corrected chi connectivity index (χ3v) is 4.17. The summed E-state index contributed by atoms with van der Waals surface area (Å²) in [6, 6.07) is 9.77. The van der Waals surface area contributed by atoms with Crippen molar-refractivity contribution in [2.45, 2.75) is 25.8 Å². The van der Waals surface area contributed by atoms with E-state index >= 15 is 0 Å². The Labute approximate surface area is 150 Å². The highest BCUT2D eigenvalue weighted by Crippen LogP contribution is 2.21. The summed E-state index contributed by atoms with van der Waals surface area (Å²) in [4.78, 5) is 37.4. The molecule has 1 fully saturated rings. The van der Waals surface area contributed by atoms with E-state index in [0.29, 0.717) is 24.3 Å². The van der Waals surface area contributed by atoms with Crippen LogP contribution in [0.2, 0.25) is 0 Å². The van der Waals surface area contributed by atoms with Crippen LogP contribution in [0.15, 0.2) is 47.1 Å². The second-order valence-corrected chi connectivity index (χ2v) is 6.08. The molecule has 1 saturated heterocycles. The first kappa shape index (κ1) is 17.7. The number of hydrogen-bond donors (Lipinski definition) is 1. The van der Waals surface area contributed by atoms with Gasteiger partial charge in [-0.3, -0.25) is 9.59 Å². The number of ether oxygens (including phenoxy) is 1. The molecule has 1 aliphatic rings. The van der Waals surface area contributed by atoms with Crippen molar-refractivity contribution in [1.82, 2.24) is 5.32 Å². The van der Waals surface area contributed by atoms with Crippen LogP contribution in [-0.2, 0) is 14.3 Å². The van der Waals surface area contributed by atoms with Crippen molar-refractivity contribution in [1.29, 1.82) is 0 Å². The second kappa shape index (κ2) is 7.86. The van der Waals surface area contributed by atoms with E-state index in [4.69, 9.17) is 9.15 Å². The monoisotopic (exact) mass is 356 g/mol. The first-order valence-corrected chi connectivity index (χ1v) is 8.45. The van der Waals surface area contributed by atoms with Crippen LogP contribution >= 0.6 is 0 Å². The van der Waals surface area contributed by atoms with Gasteiger partial charge in [0.2, 0.25) is 5.91 Å². The summed E-state index contributed by atoms with van der Waals surface area (Å²) >= 11 is 0. The van der Waals surface area contributed by atoms with Crippen molar-refractivity contribution in [3.05, 3.63) is 54.0 Å². The van der Waals surface area contributed by atoms with Crippen LogP contribution in [0, 0.1) is 0 Å². The number of amides is 2. The molecule has 2 aromatic rings. The fraction of sp³-hybridized carbons (Fsp3) is 0.316. The van der Waals surface area contributed by atoms with Gasteiger partial charge in [0.15, 0.2) is 6.61 Å². The van der Waals surface area contributed by atoms with Crippen LogP contribution in [0.25, 0.3) is 0 Å². The summed E-state index contributed by atoms with van der Waals surface area (Å²) < 4.78 is 10.2. The Hall–Kier alpha value is -3.09. The molecule has 7 nitrogen and oxygen atoms in total. The molecule has 1 N–H and O–H groups in total. The number of rotatable bonds is 6. The van der Waals surface area contributed by atoms with E-state index in [2.05, 4.69) is 5.32 Å². The molecule has 2 amide bonds. The number of benzene rings is 1. The van der Waals surface area contributed by atoms with Crippen LogP contribution in [0.4, 0.5) is 5.69 Å². The normalized spacial score (nSPS) is 15.0. The highest BCUT2D eigenvalue weighted by atomic mass is 16.5. The predicted octanol–water partition coefficient (Wildman–Crippen LogP) is 2.44. The molecule has 3 rings (SSSR count). The molecule has 0 radical (unpaired) electrons. The molecule has 0 unspecified atom stereocenters. The second-order valence-electron chi connectivity index (χ2n) is 6.08. The maximum Gasteiger partial charge on any atom is 0.338 e. The van der Waals surface area contributed by atoms with Crippen molar-refractivity contribution in [2.75, 3.05) is 18.1 Å². The number of nitrogens with zero attached hydrogens (tertiary/aromatic N) is 1.